The van der Waals surface area contributed by atoms with Crippen molar-refractivity contribution in [2.45, 2.75) is 25.1 Å². The molecule has 0 spiro atoms. The average molecular weight is 302 g/mol. The van der Waals surface area contributed by atoms with Crippen LogP contribution in [0.1, 0.15) is 19.4 Å². The normalized spacial score (nSPS) is 14.5. The van der Waals surface area contributed by atoms with E-state index in [0.29, 0.717) is 24.0 Å². The number of benzene rings is 1. The van der Waals surface area contributed by atoms with Gasteiger partial charge in [0.25, 0.3) is 0 Å². The van der Waals surface area contributed by atoms with Gasteiger partial charge in [0.05, 0.1) is 5.02 Å². The molecule has 5 heteroatoms. The van der Waals surface area contributed by atoms with E-state index < -0.39 is 0 Å². The Labute approximate surface area is 124 Å². The molecule has 106 valence electrons. The van der Waals surface area contributed by atoms with Crippen LogP contribution in [0.5, 0.6) is 11.5 Å². The number of rotatable bonds is 5. The Hall–Kier alpha value is -0.580. The Morgan fingerprint density at radius 3 is 2.79 bits per heavy atom. The highest BCUT2D eigenvalue weighted by Crippen LogP contribution is 2.38. The Morgan fingerprint density at radius 2 is 2.05 bits per heavy atom. The van der Waals surface area contributed by atoms with Crippen LogP contribution >= 0.6 is 23.4 Å². The third-order valence-corrected chi connectivity index (χ3v) is 4.62. The highest BCUT2D eigenvalue weighted by Gasteiger charge is 2.18. The lowest BCUT2D eigenvalue weighted by Gasteiger charge is -2.23. The van der Waals surface area contributed by atoms with E-state index in [9.17, 15) is 0 Å². The standard InChI is InChI=1S/C14H20ClNO2S/c1-14(2,19-3)9-16-8-10-6-11(15)13-12(7-10)17-4-5-18-13/h6-7,16H,4-5,8-9H2,1-3H3. The molecule has 0 unspecified atom stereocenters. The van der Waals surface area contributed by atoms with Gasteiger partial charge < -0.3 is 14.8 Å². The predicted octanol–water partition coefficient (Wildman–Crippen LogP) is 3.34. The second-order valence-corrected chi connectivity index (χ2v) is 7.09. The lowest BCUT2D eigenvalue weighted by atomic mass is 10.1. The summed E-state index contributed by atoms with van der Waals surface area (Å²) in [6, 6.07) is 3.94. The average Bonchev–Trinajstić information content (AvgIpc) is 2.39. The summed E-state index contributed by atoms with van der Waals surface area (Å²) >= 11 is 8.06. The van der Waals surface area contributed by atoms with Crippen molar-refractivity contribution in [2.24, 2.45) is 0 Å². The van der Waals surface area contributed by atoms with Crippen LogP contribution in [0.15, 0.2) is 12.1 Å². The van der Waals surface area contributed by atoms with Crippen LogP contribution in [0.4, 0.5) is 0 Å². The van der Waals surface area contributed by atoms with Crippen molar-refractivity contribution in [3.63, 3.8) is 0 Å². The fourth-order valence-corrected chi connectivity index (χ4v) is 2.38. The molecule has 0 aromatic heterocycles. The summed E-state index contributed by atoms with van der Waals surface area (Å²) in [6.07, 6.45) is 2.13. The maximum atomic E-state index is 6.21. The van der Waals surface area contributed by atoms with E-state index in [2.05, 4.69) is 25.4 Å². The SMILES string of the molecule is CSC(C)(C)CNCc1cc(Cl)c2c(c1)OCCO2. The van der Waals surface area contributed by atoms with Gasteiger partial charge in [0, 0.05) is 17.8 Å². The third-order valence-electron chi connectivity index (χ3n) is 3.09. The number of nitrogens with one attached hydrogen (secondary N) is 1. The number of hydrogen-bond donors (Lipinski definition) is 1. The Morgan fingerprint density at radius 1 is 1.32 bits per heavy atom. The van der Waals surface area contributed by atoms with E-state index in [1.807, 2.05) is 23.9 Å². The molecule has 0 bridgehead atoms. The molecule has 1 aliphatic rings. The molecular formula is C14H20ClNO2S. The summed E-state index contributed by atoms with van der Waals surface area (Å²) in [4.78, 5) is 0. The topological polar surface area (TPSA) is 30.5 Å². The fraction of sp³-hybridized carbons (Fsp3) is 0.571. The van der Waals surface area contributed by atoms with E-state index in [0.717, 1.165) is 24.4 Å². The van der Waals surface area contributed by atoms with Crippen molar-refractivity contribution in [3.05, 3.63) is 22.7 Å². The lowest BCUT2D eigenvalue weighted by Crippen LogP contribution is -2.31. The van der Waals surface area contributed by atoms with Gasteiger partial charge in [-0.05, 0) is 37.8 Å². The van der Waals surface area contributed by atoms with E-state index >= 15 is 0 Å². The molecule has 0 saturated heterocycles. The van der Waals surface area contributed by atoms with Crippen LogP contribution in [0, 0.1) is 0 Å². The molecule has 0 radical (unpaired) electrons. The van der Waals surface area contributed by atoms with Crippen LogP contribution in [-0.2, 0) is 6.54 Å². The summed E-state index contributed by atoms with van der Waals surface area (Å²) in [5, 5.41) is 4.07. The first-order chi connectivity index (χ1) is 9.02. The number of ether oxygens (including phenoxy) is 2. The maximum Gasteiger partial charge on any atom is 0.179 e. The molecule has 0 atom stereocenters. The van der Waals surface area contributed by atoms with Gasteiger partial charge in [0.1, 0.15) is 13.2 Å². The third kappa shape index (κ3) is 3.94. The van der Waals surface area contributed by atoms with Gasteiger partial charge >= 0.3 is 0 Å². The molecule has 1 heterocycles. The fourth-order valence-electron chi connectivity index (χ4n) is 1.85. The molecule has 0 aliphatic carbocycles. The van der Waals surface area contributed by atoms with E-state index in [4.69, 9.17) is 21.1 Å². The van der Waals surface area contributed by atoms with Crippen molar-refractivity contribution < 1.29 is 9.47 Å². The Bertz CT molecular complexity index is 451. The molecule has 1 aliphatic heterocycles. The number of thioether (sulfide) groups is 1. The van der Waals surface area contributed by atoms with Crippen LogP contribution < -0.4 is 14.8 Å². The van der Waals surface area contributed by atoms with Gasteiger partial charge in [-0.15, -0.1) is 0 Å². The van der Waals surface area contributed by atoms with Gasteiger partial charge in [-0.1, -0.05) is 11.6 Å². The minimum atomic E-state index is 0.234. The maximum absolute atomic E-state index is 6.21. The van der Waals surface area contributed by atoms with Crippen molar-refractivity contribution >= 4 is 23.4 Å². The minimum Gasteiger partial charge on any atom is -0.486 e. The first kappa shape index (κ1) is 14.8. The van der Waals surface area contributed by atoms with E-state index in [-0.39, 0.29) is 4.75 Å². The molecule has 2 rings (SSSR count). The molecule has 19 heavy (non-hydrogen) atoms. The quantitative estimate of drug-likeness (QED) is 0.903. The summed E-state index contributed by atoms with van der Waals surface area (Å²) in [6.45, 7) is 7.31. The first-order valence-electron chi connectivity index (χ1n) is 6.36. The van der Waals surface area contributed by atoms with Crippen molar-refractivity contribution in [1.29, 1.82) is 0 Å². The lowest BCUT2D eigenvalue weighted by molar-refractivity contribution is 0.171. The summed E-state index contributed by atoms with van der Waals surface area (Å²) in [5.74, 6) is 1.42. The Balaban J connectivity index is 2.00. The van der Waals surface area contributed by atoms with E-state index in [1.54, 1.807) is 0 Å². The Kier molecular flexibility index (Phi) is 4.87. The number of fused-ring (bicyclic) bond motifs is 1. The van der Waals surface area contributed by atoms with Crippen LogP contribution in [-0.4, -0.2) is 30.8 Å². The highest BCUT2D eigenvalue weighted by molar-refractivity contribution is 7.99. The molecule has 1 N–H and O–H groups in total. The smallest absolute Gasteiger partial charge is 0.179 e. The van der Waals surface area contributed by atoms with E-state index in [1.165, 1.54) is 0 Å². The molecular weight excluding hydrogens is 282 g/mol. The number of hydrogen-bond acceptors (Lipinski definition) is 4. The molecule has 1 aromatic carbocycles. The van der Waals surface area contributed by atoms with Crippen molar-refractivity contribution in [2.75, 3.05) is 26.0 Å². The van der Waals surface area contributed by atoms with Gasteiger partial charge in [-0.3, -0.25) is 0 Å². The van der Waals surface area contributed by atoms with Crippen LogP contribution in [0.2, 0.25) is 5.02 Å². The zero-order chi connectivity index (χ0) is 13.9. The zero-order valence-corrected chi connectivity index (χ0v) is 13.2. The van der Waals surface area contributed by atoms with Crippen LogP contribution in [0.3, 0.4) is 0 Å². The summed E-state index contributed by atoms with van der Waals surface area (Å²) < 4.78 is 11.3. The van der Waals surface area contributed by atoms with Gasteiger partial charge in [0.2, 0.25) is 0 Å². The molecule has 0 fully saturated rings. The zero-order valence-electron chi connectivity index (χ0n) is 11.6. The van der Waals surface area contributed by atoms with Crippen LogP contribution in [0.25, 0.3) is 0 Å². The highest BCUT2D eigenvalue weighted by atomic mass is 35.5. The second-order valence-electron chi connectivity index (χ2n) is 5.17. The molecule has 0 amide bonds. The van der Waals surface area contributed by atoms with Gasteiger partial charge in [0.15, 0.2) is 11.5 Å². The monoisotopic (exact) mass is 301 g/mol. The van der Waals surface area contributed by atoms with Crippen molar-refractivity contribution in [3.8, 4) is 11.5 Å². The minimum absolute atomic E-state index is 0.234. The summed E-state index contributed by atoms with van der Waals surface area (Å²) in [7, 11) is 0. The molecule has 3 nitrogen and oxygen atoms in total. The second kappa shape index (κ2) is 6.25. The van der Waals surface area contributed by atoms with Crippen molar-refractivity contribution in [1.82, 2.24) is 5.32 Å². The largest absolute Gasteiger partial charge is 0.486 e. The number of halogens is 1. The first-order valence-corrected chi connectivity index (χ1v) is 7.96. The van der Waals surface area contributed by atoms with Gasteiger partial charge in [-0.25, -0.2) is 0 Å². The summed E-state index contributed by atoms with van der Waals surface area (Å²) in [5.41, 5.74) is 1.12. The molecule has 1 aromatic rings. The predicted molar refractivity (Wildman–Crippen MR) is 81.7 cm³/mol. The van der Waals surface area contributed by atoms with Gasteiger partial charge in [-0.2, -0.15) is 11.8 Å². The molecule has 0 saturated carbocycles.